The first-order valence-electron chi connectivity index (χ1n) is 10.9. The van der Waals surface area contributed by atoms with Gasteiger partial charge in [-0.25, -0.2) is 0 Å². The van der Waals surface area contributed by atoms with Gasteiger partial charge < -0.3 is 14.8 Å². The van der Waals surface area contributed by atoms with E-state index in [1.54, 1.807) is 11.3 Å². The van der Waals surface area contributed by atoms with Gasteiger partial charge in [0.2, 0.25) is 0 Å². The fourth-order valence-corrected chi connectivity index (χ4v) is 6.83. The third-order valence-corrected chi connectivity index (χ3v) is 7.81. The van der Waals surface area contributed by atoms with Crippen LogP contribution in [0.1, 0.15) is 55.9 Å². The number of hydrogen-bond acceptors (Lipinski definition) is 4. The van der Waals surface area contributed by atoms with Gasteiger partial charge in [-0.3, -0.25) is 0 Å². The number of thiophene rings is 1. The minimum Gasteiger partial charge on any atom is -0.490 e. The van der Waals surface area contributed by atoms with E-state index in [0.29, 0.717) is 18.8 Å². The van der Waals surface area contributed by atoms with Crippen molar-refractivity contribution in [3.05, 3.63) is 46.2 Å². The molecule has 1 heterocycles. The molecule has 4 saturated carbocycles. The van der Waals surface area contributed by atoms with Crippen LogP contribution in [-0.4, -0.2) is 12.1 Å². The van der Waals surface area contributed by atoms with Crippen molar-refractivity contribution in [2.45, 2.75) is 64.1 Å². The van der Waals surface area contributed by atoms with Crippen LogP contribution in [0, 0.1) is 17.8 Å². The van der Waals surface area contributed by atoms with Crippen LogP contribution in [0.2, 0.25) is 0 Å². The molecule has 4 aliphatic carbocycles. The lowest BCUT2D eigenvalue weighted by atomic mass is 9.53. The second kappa shape index (κ2) is 7.72. The van der Waals surface area contributed by atoms with Crippen LogP contribution in [0.3, 0.4) is 0 Å². The highest BCUT2D eigenvalue weighted by Gasteiger charge is 2.50. The maximum absolute atomic E-state index is 6.03. The Labute approximate surface area is 172 Å². The van der Waals surface area contributed by atoms with Gasteiger partial charge in [-0.1, -0.05) is 12.1 Å². The summed E-state index contributed by atoms with van der Waals surface area (Å²) in [6.45, 7) is 4.21. The van der Waals surface area contributed by atoms with Gasteiger partial charge in [0.05, 0.1) is 6.61 Å². The van der Waals surface area contributed by atoms with Crippen LogP contribution in [-0.2, 0) is 13.2 Å². The Hall–Kier alpha value is -1.52. The number of hydrogen-bond donors (Lipinski definition) is 1. The van der Waals surface area contributed by atoms with E-state index in [0.717, 1.165) is 35.8 Å². The van der Waals surface area contributed by atoms with Crippen molar-refractivity contribution in [3.63, 3.8) is 0 Å². The van der Waals surface area contributed by atoms with Crippen LogP contribution < -0.4 is 14.8 Å². The van der Waals surface area contributed by atoms with E-state index >= 15 is 0 Å². The lowest BCUT2D eigenvalue weighted by Crippen LogP contribution is -2.58. The van der Waals surface area contributed by atoms with Crippen molar-refractivity contribution in [2.75, 3.05) is 6.61 Å². The van der Waals surface area contributed by atoms with Crippen molar-refractivity contribution in [3.8, 4) is 11.5 Å². The fourth-order valence-electron chi connectivity index (χ4n) is 6.21. The summed E-state index contributed by atoms with van der Waals surface area (Å²) in [5, 5.41) is 6.08. The molecule has 3 nitrogen and oxygen atoms in total. The SMILES string of the molecule is CCOc1cc(CNC23CC4CC(CC(C4)C2)C3)ccc1OCc1cccs1. The van der Waals surface area contributed by atoms with Crippen molar-refractivity contribution in [2.24, 2.45) is 17.8 Å². The molecule has 6 rings (SSSR count). The molecular formula is C24H31NO2S. The van der Waals surface area contributed by atoms with Crippen molar-refractivity contribution in [1.29, 1.82) is 0 Å². The van der Waals surface area contributed by atoms with E-state index in [1.807, 2.05) is 6.92 Å². The first-order chi connectivity index (χ1) is 13.7. The van der Waals surface area contributed by atoms with Gasteiger partial charge in [-0.2, -0.15) is 0 Å². The van der Waals surface area contributed by atoms with Gasteiger partial charge in [0.15, 0.2) is 11.5 Å². The standard InChI is InChI=1S/C24H31NO2S/c1-2-26-23-11-17(5-6-22(23)27-16-21-4-3-7-28-21)15-25-24-12-18-8-19(13-24)10-20(9-18)14-24/h3-7,11,18-20,25H,2,8-10,12-16H2,1H3. The normalized spacial score (nSPS) is 30.5. The number of rotatable bonds is 8. The van der Waals surface area contributed by atoms with Crippen molar-refractivity contribution in [1.82, 2.24) is 5.32 Å². The molecule has 4 fully saturated rings. The molecule has 1 aromatic carbocycles. The van der Waals surface area contributed by atoms with Crippen LogP contribution in [0.4, 0.5) is 0 Å². The van der Waals surface area contributed by atoms with Gasteiger partial charge in [-0.15, -0.1) is 11.3 Å². The third kappa shape index (κ3) is 3.81. The molecule has 0 atom stereocenters. The van der Waals surface area contributed by atoms with E-state index in [2.05, 4.69) is 41.0 Å². The molecule has 150 valence electrons. The minimum absolute atomic E-state index is 0.398. The average Bonchev–Trinajstić information content (AvgIpc) is 3.18. The fraction of sp³-hybridized carbons (Fsp3) is 0.583. The zero-order chi connectivity index (χ0) is 19.0. The molecule has 28 heavy (non-hydrogen) atoms. The molecule has 4 heteroatoms. The Bertz CT molecular complexity index is 766. The highest BCUT2D eigenvalue weighted by atomic mass is 32.1. The predicted molar refractivity (Wildman–Crippen MR) is 114 cm³/mol. The molecule has 4 aliphatic rings. The first kappa shape index (κ1) is 18.5. The minimum atomic E-state index is 0.398. The summed E-state index contributed by atoms with van der Waals surface area (Å²) in [6, 6.07) is 10.6. The van der Waals surface area contributed by atoms with E-state index in [-0.39, 0.29) is 0 Å². The Morgan fingerprint density at radius 1 is 1.00 bits per heavy atom. The number of ether oxygens (including phenoxy) is 2. The molecule has 1 aromatic heterocycles. The van der Waals surface area contributed by atoms with Gasteiger partial charge in [0, 0.05) is 17.0 Å². The molecule has 2 aromatic rings. The van der Waals surface area contributed by atoms with Crippen molar-refractivity contribution >= 4 is 11.3 Å². The molecule has 0 aliphatic heterocycles. The van der Waals surface area contributed by atoms with E-state index in [1.165, 1.54) is 49.0 Å². The van der Waals surface area contributed by atoms with Gasteiger partial charge >= 0.3 is 0 Å². The van der Waals surface area contributed by atoms with Crippen LogP contribution in [0.25, 0.3) is 0 Å². The van der Waals surface area contributed by atoms with Gasteiger partial charge in [0.25, 0.3) is 0 Å². The van der Waals surface area contributed by atoms with Crippen LogP contribution >= 0.6 is 11.3 Å². The number of benzene rings is 1. The maximum Gasteiger partial charge on any atom is 0.161 e. The smallest absolute Gasteiger partial charge is 0.161 e. The molecule has 0 amide bonds. The zero-order valence-electron chi connectivity index (χ0n) is 16.8. The van der Waals surface area contributed by atoms with Crippen LogP contribution in [0.15, 0.2) is 35.7 Å². The summed E-state index contributed by atoms with van der Waals surface area (Å²) in [5.41, 5.74) is 1.69. The van der Waals surface area contributed by atoms with Gasteiger partial charge in [-0.05, 0) is 92.3 Å². The zero-order valence-corrected chi connectivity index (χ0v) is 17.6. The van der Waals surface area contributed by atoms with Crippen LogP contribution in [0.5, 0.6) is 11.5 Å². The highest BCUT2D eigenvalue weighted by molar-refractivity contribution is 7.09. The highest BCUT2D eigenvalue weighted by Crippen LogP contribution is 2.55. The van der Waals surface area contributed by atoms with Crippen molar-refractivity contribution < 1.29 is 9.47 Å². The second-order valence-corrected chi connectivity index (χ2v) is 10.2. The summed E-state index contributed by atoms with van der Waals surface area (Å²) in [5.74, 6) is 4.64. The average molecular weight is 398 g/mol. The molecule has 0 radical (unpaired) electrons. The Kier molecular flexibility index (Phi) is 5.10. The molecule has 1 N–H and O–H groups in total. The largest absolute Gasteiger partial charge is 0.490 e. The summed E-state index contributed by atoms with van der Waals surface area (Å²) in [6.07, 6.45) is 8.64. The molecular weight excluding hydrogens is 366 g/mol. The maximum atomic E-state index is 6.03. The third-order valence-electron chi connectivity index (χ3n) is 6.96. The topological polar surface area (TPSA) is 30.5 Å². The van der Waals surface area contributed by atoms with E-state index < -0.39 is 0 Å². The predicted octanol–water partition coefficient (Wildman–Crippen LogP) is 5.78. The molecule has 4 bridgehead atoms. The lowest BCUT2D eigenvalue weighted by molar-refractivity contribution is -0.0206. The lowest BCUT2D eigenvalue weighted by Gasteiger charge is -2.57. The second-order valence-electron chi connectivity index (χ2n) is 9.13. The summed E-state index contributed by atoms with van der Waals surface area (Å²) in [4.78, 5) is 1.23. The number of nitrogens with one attached hydrogen (secondary N) is 1. The Morgan fingerprint density at radius 3 is 2.39 bits per heavy atom. The summed E-state index contributed by atoms with van der Waals surface area (Å²) < 4.78 is 11.9. The Balaban J connectivity index is 1.25. The monoisotopic (exact) mass is 397 g/mol. The quantitative estimate of drug-likeness (QED) is 0.612. The van der Waals surface area contributed by atoms with E-state index in [4.69, 9.17) is 9.47 Å². The molecule has 0 saturated heterocycles. The van der Waals surface area contributed by atoms with Gasteiger partial charge in [0.1, 0.15) is 6.61 Å². The molecule has 0 spiro atoms. The summed E-state index contributed by atoms with van der Waals surface area (Å²) in [7, 11) is 0. The summed E-state index contributed by atoms with van der Waals surface area (Å²) >= 11 is 1.72. The van der Waals surface area contributed by atoms with E-state index in [9.17, 15) is 0 Å². The Morgan fingerprint density at radius 2 is 1.75 bits per heavy atom. The first-order valence-corrected chi connectivity index (χ1v) is 11.8. The molecule has 0 unspecified atom stereocenters.